The van der Waals surface area contributed by atoms with E-state index in [0.29, 0.717) is 5.56 Å². The largest absolute Gasteiger partial charge is 0.756 e. The van der Waals surface area contributed by atoms with Gasteiger partial charge < -0.3 is 55.5 Å². The summed E-state index contributed by atoms with van der Waals surface area (Å²) in [5.74, 6) is -1.70. The van der Waals surface area contributed by atoms with Crippen molar-refractivity contribution in [3.05, 3.63) is 53.9 Å². The molecule has 1 unspecified atom stereocenters. The van der Waals surface area contributed by atoms with E-state index >= 15 is 0 Å². The molecule has 0 spiro atoms. The van der Waals surface area contributed by atoms with E-state index in [1.165, 1.54) is 36.1 Å². The summed E-state index contributed by atoms with van der Waals surface area (Å²) in [5.41, 5.74) is 0.570. The number of ketones is 1. The second kappa shape index (κ2) is 15.2. The minimum atomic E-state index is -5.10. The number of phosphoric acid groups is 1. The van der Waals surface area contributed by atoms with Gasteiger partial charge in [-0.25, -0.2) is 4.98 Å². The van der Waals surface area contributed by atoms with E-state index in [1.54, 1.807) is 29.2 Å². The molecule has 1 atom stereocenters. The number of phosphoric ester groups is 1. The predicted octanol–water partition coefficient (Wildman–Crippen LogP) is -2.64. The maximum atomic E-state index is 13.4. The van der Waals surface area contributed by atoms with Crippen LogP contribution in [0.1, 0.15) is 20.7 Å². The summed E-state index contributed by atoms with van der Waals surface area (Å²) in [7, 11) is -2.44. The van der Waals surface area contributed by atoms with Gasteiger partial charge >= 0.3 is 0 Å². The van der Waals surface area contributed by atoms with E-state index in [1.807, 2.05) is 6.07 Å². The number of carbonyl (C=O) groups excluding carboxylic acids is 3. The smallest absolute Gasteiger partial charge is 0.295 e. The van der Waals surface area contributed by atoms with Gasteiger partial charge in [-0.3, -0.25) is 23.5 Å². The second-order valence-electron chi connectivity index (χ2n) is 8.08. The molecule has 0 bridgehead atoms. The van der Waals surface area contributed by atoms with Crippen molar-refractivity contribution in [1.29, 1.82) is 0 Å². The lowest BCUT2D eigenvalue weighted by Crippen LogP contribution is -2.52. The maximum absolute atomic E-state index is 13.4. The Kier molecular flexibility index (Phi) is 13.7. The third kappa shape index (κ3) is 7.84. The van der Waals surface area contributed by atoms with Crippen LogP contribution in [0.15, 0.2) is 42.7 Å². The van der Waals surface area contributed by atoms with Crippen LogP contribution in [0.2, 0.25) is 0 Å². The molecule has 228 valence electrons. The lowest BCUT2D eigenvalue weighted by molar-refractivity contribution is -0.222. The number of fused-ring (bicyclic) bond motifs is 1. The maximum Gasteiger partial charge on any atom is 0.295 e. The first-order chi connectivity index (χ1) is 17.6. The molecule has 18 heteroatoms. The molecule has 1 fully saturated rings. The number of rotatable bonds is 8. The average Bonchev–Trinajstić information content (AvgIpc) is 3.30. The van der Waals surface area contributed by atoms with Crippen molar-refractivity contribution < 1.29 is 64.6 Å². The number of aromatic nitrogens is 2. The van der Waals surface area contributed by atoms with Gasteiger partial charge in [0.05, 0.1) is 31.4 Å². The number of Topliss-reactive ketones (excluding diaryl/α,β-unsaturated/α-hetero) is 1. The molecule has 41 heavy (non-hydrogen) atoms. The van der Waals surface area contributed by atoms with Crippen LogP contribution in [0, 0.1) is 0 Å². The van der Waals surface area contributed by atoms with Crippen molar-refractivity contribution in [3.8, 4) is 11.6 Å². The monoisotopic (exact) mass is 603 g/mol. The summed E-state index contributed by atoms with van der Waals surface area (Å²) in [5, 5.41) is 0.160. The number of amides is 2. The first-order valence-corrected chi connectivity index (χ1v) is 12.6. The lowest BCUT2D eigenvalue weighted by atomic mass is 10.1. The minimum Gasteiger partial charge on any atom is -0.756 e. The Labute approximate surface area is 233 Å². The molecule has 2 amide bonds. The Morgan fingerprint density at radius 2 is 1.56 bits per heavy atom. The Balaban J connectivity index is 0.00000400. The summed E-state index contributed by atoms with van der Waals surface area (Å²) in [6.45, 7) is 0.0890. The van der Waals surface area contributed by atoms with Crippen molar-refractivity contribution in [3.63, 3.8) is 0 Å². The van der Waals surface area contributed by atoms with Crippen molar-refractivity contribution in [2.75, 3.05) is 40.4 Å². The van der Waals surface area contributed by atoms with Crippen LogP contribution in [0.3, 0.4) is 0 Å². The number of pyridine rings is 1. The number of methoxy groups -OCH3 is 2. The summed E-state index contributed by atoms with van der Waals surface area (Å²) in [6.07, 6.45) is 2.51. The van der Waals surface area contributed by atoms with Gasteiger partial charge in [0, 0.05) is 37.9 Å². The topological polar surface area (TPSA) is 290 Å². The molecule has 1 aliphatic heterocycles. The van der Waals surface area contributed by atoms with Crippen LogP contribution in [-0.2, 0) is 20.6 Å². The van der Waals surface area contributed by atoms with Gasteiger partial charge in [-0.2, -0.15) is 0 Å². The van der Waals surface area contributed by atoms with Crippen molar-refractivity contribution in [2.24, 2.45) is 0 Å². The van der Waals surface area contributed by atoms with Crippen LogP contribution < -0.4 is 14.4 Å². The summed E-state index contributed by atoms with van der Waals surface area (Å²) in [6, 6.07) is 8.76. The Bertz CT molecular complexity index is 1390. The molecule has 3 heterocycles. The normalized spacial score (nSPS) is 13.9. The number of piperazine rings is 1. The SMILES string of the molecule is COc1cnc(OC)c2c1c(C(=O)C(=O)N1CCN(C(=O)c3ccccc3)CC1)cn2COP(=O)([O-])O.O.O.O.O. The fraction of sp³-hybridized carbons (Fsp3) is 0.304. The lowest BCUT2D eigenvalue weighted by Gasteiger charge is -2.34. The summed E-state index contributed by atoms with van der Waals surface area (Å²) < 4.78 is 27.4. The average molecular weight is 603 g/mol. The van der Waals surface area contributed by atoms with Crippen molar-refractivity contribution in [2.45, 2.75) is 6.73 Å². The standard InChI is InChI=1S/C23H25N4O9P.4H2O/c1-34-17-12-24-21(35-2)19-18(17)16(13-27(19)14-36-37(31,32)33)20(28)23(30)26-10-8-25(9-11-26)22(29)15-6-4-3-5-7-15;;;;/h3-7,12-13H,8-11,14H2,1-2H3,(H2,31,32,33);4*1H2/p-1. The fourth-order valence-electron chi connectivity index (χ4n) is 4.13. The highest BCUT2D eigenvalue weighted by Crippen LogP contribution is 2.38. The van der Waals surface area contributed by atoms with Crippen LogP contribution >= 0.6 is 7.82 Å². The number of nitrogens with zero attached hydrogens (tertiary/aromatic N) is 4. The third-order valence-electron chi connectivity index (χ3n) is 5.91. The first kappa shape index (κ1) is 37.1. The zero-order valence-corrected chi connectivity index (χ0v) is 22.9. The Morgan fingerprint density at radius 1 is 0.976 bits per heavy atom. The summed E-state index contributed by atoms with van der Waals surface area (Å²) >= 11 is 0. The van der Waals surface area contributed by atoms with Crippen LogP contribution in [0.5, 0.6) is 11.6 Å². The molecule has 1 aromatic carbocycles. The summed E-state index contributed by atoms with van der Waals surface area (Å²) in [4.78, 5) is 66.5. The van der Waals surface area contributed by atoms with Gasteiger partial charge in [0.1, 0.15) is 18.0 Å². The highest BCUT2D eigenvalue weighted by atomic mass is 31.2. The quantitative estimate of drug-likeness (QED) is 0.158. The molecule has 3 aromatic rings. The Morgan fingerprint density at radius 3 is 2.10 bits per heavy atom. The number of benzene rings is 1. The molecule has 0 radical (unpaired) electrons. The third-order valence-corrected chi connectivity index (χ3v) is 6.36. The number of carbonyl (C=O) groups is 3. The molecular weight excluding hydrogens is 571 g/mol. The number of hydrogen-bond acceptors (Lipinski definition) is 9. The zero-order chi connectivity index (χ0) is 26.7. The molecule has 1 saturated heterocycles. The van der Waals surface area contributed by atoms with Crippen LogP contribution in [0.4, 0.5) is 0 Å². The van der Waals surface area contributed by atoms with E-state index in [2.05, 4.69) is 9.51 Å². The molecule has 0 saturated carbocycles. The van der Waals surface area contributed by atoms with E-state index in [-0.39, 0.29) is 82.1 Å². The molecule has 17 nitrogen and oxygen atoms in total. The molecule has 4 rings (SSSR count). The molecule has 2 aromatic heterocycles. The van der Waals surface area contributed by atoms with Crippen LogP contribution in [-0.4, -0.2) is 104 Å². The van der Waals surface area contributed by atoms with E-state index in [4.69, 9.17) is 14.4 Å². The van der Waals surface area contributed by atoms with Crippen molar-refractivity contribution >= 4 is 36.3 Å². The second-order valence-corrected chi connectivity index (χ2v) is 9.27. The van der Waals surface area contributed by atoms with E-state index in [0.717, 1.165) is 0 Å². The molecular formula is C23H32N4O13P-. The number of ether oxygens (including phenoxy) is 2. The fourth-order valence-corrected chi connectivity index (χ4v) is 4.40. The van der Waals surface area contributed by atoms with Gasteiger partial charge in [0.25, 0.3) is 25.4 Å². The van der Waals surface area contributed by atoms with E-state index in [9.17, 15) is 23.8 Å². The minimum absolute atomic E-state index is 0. The Hall–Kier alpha value is -3.93. The highest BCUT2D eigenvalue weighted by molar-refractivity contribution is 7.44. The zero-order valence-electron chi connectivity index (χ0n) is 22.0. The first-order valence-electron chi connectivity index (χ1n) is 11.1. The molecule has 9 N–H and O–H groups in total. The van der Waals surface area contributed by atoms with E-state index < -0.39 is 26.2 Å². The van der Waals surface area contributed by atoms with Crippen molar-refractivity contribution in [1.82, 2.24) is 19.4 Å². The number of hydrogen-bond donors (Lipinski definition) is 1. The molecule has 1 aliphatic rings. The van der Waals surface area contributed by atoms with Gasteiger partial charge in [0.15, 0.2) is 0 Å². The van der Waals surface area contributed by atoms with Gasteiger partial charge in [-0.05, 0) is 12.1 Å². The van der Waals surface area contributed by atoms with Gasteiger partial charge in [0.2, 0.25) is 5.88 Å². The highest BCUT2D eigenvalue weighted by Gasteiger charge is 2.32. The van der Waals surface area contributed by atoms with Gasteiger partial charge in [-0.15, -0.1) is 0 Å². The molecule has 0 aliphatic carbocycles. The predicted molar refractivity (Wildman–Crippen MR) is 141 cm³/mol. The van der Waals surface area contributed by atoms with Crippen LogP contribution in [0.25, 0.3) is 10.9 Å². The van der Waals surface area contributed by atoms with Gasteiger partial charge in [-0.1, -0.05) is 18.2 Å².